The molecule has 0 radical (unpaired) electrons. The van der Waals surface area contributed by atoms with Gasteiger partial charge >= 0.3 is 0 Å². The average molecular weight is 388 g/mol. The van der Waals surface area contributed by atoms with Gasteiger partial charge in [0.1, 0.15) is 17.2 Å². The molecule has 0 N–H and O–H groups in total. The first-order chi connectivity index (χ1) is 9.99. The highest BCUT2D eigenvalue weighted by atomic mass is 79.9. The Labute approximate surface area is 139 Å². The number of alkyl halides is 1. The molecule has 0 aliphatic carbocycles. The zero-order valence-corrected chi connectivity index (χ0v) is 14.0. The Kier molecular flexibility index (Phi) is 3.95. The fraction of sp³-hybridized carbons (Fsp3) is 0.133. The van der Waals surface area contributed by atoms with Crippen LogP contribution in [0.2, 0.25) is 5.02 Å². The average Bonchev–Trinajstić information content (AvgIpc) is 2.83. The topological polar surface area (TPSA) is 17.8 Å². The van der Waals surface area contributed by atoms with Gasteiger partial charge < -0.3 is 0 Å². The molecular formula is C15H10BrCl2FN2. The number of nitrogens with zero attached hydrogens (tertiary/aromatic N) is 2. The van der Waals surface area contributed by atoms with Gasteiger partial charge in [-0.2, -0.15) is 0 Å². The van der Waals surface area contributed by atoms with Gasteiger partial charge in [-0.1, -0.05) is 17.7 Å². The SMILES string of the molecule is CC(Cl)c1nc2c(Cl)cccc2n1-c1ccc(Br)c(F)c1. The third-order valence-corrected chi connectivity index (χ3v) is 4.32. The van der Waals surface area contributed by atoms with E-state index in [0.29, 0.717) is 26.5 Å². The van der Waals surface area contributed by atoms with Gasteiger partial charge in [0, 0.05) is 0 Å². The van der Waals surface area contributed by atoms with Crippen molar-refractivity contribution in [3.63, 3.8) is 0 Å². The molecule has 21 heavy (non-hydrogen) atoms. The molecule has 108 valence electrons. The highest BCUT2D eigenvalue weighted by Gasteiger charge is 2.18. The molecule has 3 rings (SSSR count). The maximum Gasteiger partial charge on any atom is 0.139 e. The van der Waals surface area contributed by atoms with Crippen molar-refractivity contribution < 1.29 is 4.39 Å². The lowest BCUT2D eigenvalue weighted by molar-refractivity contribution is 0.619. The Bertz CT molecular complexity index is 830. The summed E-state index contributed by atoms with van der Waals surface area (Å²) in [7, 11) is 0. The fourth-order valence-corrected chi connectivity index (χ4v) is 2.85. The van der Waals surface area contributed by atoms with Crippen LogP contribution in [0, 0.1) is 5.82 Å². The third kappa shape index (κ3) is 2.56. The monoisotopic (exact) mass is 386 g/mol. The lowest BCUT2D eigenvalue weighted by atomic mass is 10.2. The third-order valence-electron chi connectivity index (χ3n) is 3.18. The van der Waals surface area contributed by atoms with Crippen LogP contribution in [-0.4, -0.2) is 9.55 Å². The molecule has 2 aromatic carbocycles. The molecule has 0 aliphatic rings. The van der Waals surface area contributed by atoms with E-state index in [2.05, 4.69) is 20.9 Å². The van der Waals surface area contributed by atoms with Crippen molar-refractivity contribution in [3.05, 3.63) is 57.5 Å². The molecule has 0 amide bonds. The summed E-state index contributed by atoms with van der Waals surface area (Å²) in [5.41, 5.74) is 2.11. The molecule has 3 aromatic rings. The number of hydrogen-bond acceptors (Lipinski definition) is 1. The molecular weight excluding hydrogens is 378 g/mol. The van der Waals surface area contributed by atoms with Gasteiger partial charge in [0.15, 0.2) is 0 Å². The van der Waals surface area contributed by atoms with Gasteiger partial charge in [-0.15, -0.1) is 11.6 Å². The van der Waals surface area contributed by atoms with E-state index in [4.69, 9.17) is 23.2 Å². The van der Waals surface area contributed by atoms with Crippen LogP contribution in [0.1, 0.15) is 18.1 Å². The van der Waals surface area contributed by atoms with Gasteiger partial charge in [0.05, 0.1) is 26.1 Å². The molecule has 1 heterocycles. The van der Waals surface area contributed by atoms with Crippen molar-refractivity contribution >= 4 is 50.2 Å². The summed E-state index contributed by atoms with van der Waals surface area (Å²) in [5.74, 6) is 0.283. The molecule has 2 nitrogen and oxygen atoms in total. The summed E-state index contributed by atoms with van der Waals surface area (Å²) in [5, 5.41) is 0.211. The van der Waals surface area contributed by atoms with Crippen LogP contribution >= 0.6 is 39.1 Å². The predicted octanol–water partition coefficient (Wildman–Crippen LogP) is 5.88. The van der Waals surface area contributed by atoms with Crippen LogP contribution in [0.25, 0.3) is 16.7 Å². The van der Waals surface area contributed by atoms with Crippen LogP contribution in [0.15, 0.2) is 40.9 Å². The Balaban J connectivity index is 2.36. The summed E-state index contributed by atoms with van der Waals surface area (Å²) in [6.45, 7) is 1.82. The molecule has 6 heteroatoms. The van der Waals surface area contributed by atoms with Crippen molar-refractivity contribution in [2.45, 2.75) is 12.3 Å². The second-order valence-corrected chi connectivity index (χ2v) is 6.54. The van der Waals surface area contributed by atoms with Gasteiger partial charge in [0.25, 0.3) is 0 Å². The summed E-state index contributed by atoms with van der Waals surface area (Å²) in [4.78, 5) is 4.51. The lowest BCUT2D eigenvalue weighted by Crippen LogP contribution is -2.02. The second-order valence-electron chi connectivity index (χ2n) is 4.63. The van der Waals surface area contributed by atoms with E-state index >= 15 is 0 Å². The predicted molar refractivity (Wildman–Crippen MR) is 88.0 cm³/mol. The Morgan fingerprint density at radius 2 is 2.05 bits per heavy atom. The first-order valence-electron chi connectivity index (χ1n) is 6.25. The minimum Gasteiger partial charge on any atom is -0.295 e. The maximum absolute atomic E-state index is 13.8. The Hall–Kier alpha value is -1.10. The van der Waals surface area contributed by atoms with E-state index in [1.165, 1.54) is 6.07 Å². The molecule has 1 atom stereocenters. The van der Waals surface area contributed by atoms with Crippen molar-refractivity contribution in [2.24, 2.45) is 0 Å². The molecule has 0 saturated carbocycles. The van der Waals surface area contributed by atoms with Gasteiger partial charge in [0.2, 0.25) is 0 Å². The maximum atomic E-state index is 13.8. The van der Waals surface area contributed by atoms with Gasteiger partial charge in [-0.25, -0.2) is 9.37 Å². The number of para-hydroxylation sites is 1. The smallest absolute Gasteiger partial charge is 0.139 e. The van der Waals surface area contributed by atoms with E-state index in [1.807, 2.05) is 23.6 Å². The highest BCUT2D eigenvalue weighted by Crippen LogP contribution is 2.32. The number of fused-ring (bicyclic) bond motifs is 1. The molecule has 0 bridgehead atoms. The van der Waals surface area contributed by atoms with Crippen LogP contribution in [-0.2, 0) is 0 Å². The zero-order valence-electron chi connectivity index (χ0n) is 10.9. The lowest BCUT2D eigenvalue weighted by Gasteiger charge is -2.11. The largest absolute Gasteiger partial charge is 0.295 e. The quantitative estimate of drug-likeness (QED) is 0.502. The normalized spacial score (nSPS) is 12.8. The number of imidazole rings is 1. The minimum absolute atomic E-state index is 0.333. The van der Waals surface area contributed by atoms with Gasteiger partial charge in [-0.3, -0.25) is 4.57 Å². The number of halogens is 4. The molecule has 0 aliphatic heterocycles. The van der Waals surface area contributed by atoms with Gasteiger partial charge in [-0.05, 0) is 53.2 Å². The molecule has 1 unspecified atom stereocenters. The summed E-state index contributed by atoms with van der Waals surface area (Å²) < 4.78 is 16.1. The van der Waals surface area contributed by atoms with E-state index in [0.717, 1.165) is 5.52 Å². The Morgan fingerprint density at radius 1 is 1.29 bits per heavy atom. The van der Waals surface area contributed by atoms with E-state index < -0.39 is 0 Å². The van der Waals surface area contributed by atoms with Crippen LogP contribution < -0.4 is 0 Å². The van der Waals surface area contributed by atoms with E-state index in [1.54, 1.807) is 18.2 Å². The van der Waals surface area contributed by atoms with Crippen molar-refractivity contribution in [1.29, 1.82) is 0 Å². The summed E-state index contributed by atoms with van der Waals surface area (Å²) in [6.07, 6.45) is 0. The van der Waals surface area contributed by atoms with Crippen LogP contribution in [0.4, 0.5) is 4.39 Å². The van der Waals surface area contributed by atoms with Crippen molar-refractivity contribution in [2.75, 3.05) is 0 Å². The second kappa shape index (κ2) is 5.59. The number of aromatic nitrogens is 2. The standard InChI is InChI=1S/C15H10BrCl2FN2/c1-8(17)15-20-14-11(18)3-2-4-13(14)21(15)9-5-6-10(16)12(19)7-9/h2-8H,1H3. The number of hydrogen-bond donors (Lipinski definition) is 0. The van der Waals surface area contributed by atoms with Crippen LogP contribution in [0.5, 0.6) is 0 Å². The first kappa shape index (κ1) is 14.8. The minimum atomic E-state index is -0.343. The van der Waals surface area contributed by atoms with E-state index in [-0.39, 0.29) is 11.2 Å². The summed E-state index contributed by atoms with van der Waals surface area (Å²) >= 11 is 15.6. The fourth-order valence-electron chi connectivity index (χ4n) is 2.25. The van der Waals surface area contributed by atoms with Crippen LogP contribution in [0.3, 0.4) is 0 Å². The van der Waals surface area contributed by atoms with Crippen molar-refractivity contribution in [1.82, 2.24) is 9.55 Å². The Morgan fingerprint density at radius 3 is 2.71 bits per heavy atom. The number of benzene rings is 2. The first-order valence-corrected chi connectivity index (χ1v) is 7.86. The molecule has 0 fully saturated rings. The van der Waals surface area contributed by atoms with E-state index in [9.17, 15) is 4.39 Å². The summed E-state index contributed by atoms with van der Waals surface area (Å²) in [6, 6.07) is 10.4. The molecule has 0 spiro atoms. The number of rotatable bonds is 2. The molecule has 0 saturated heterocycles. The highest BCUT2D eigenvalue weighted by molar-refractivity contribution is 9.10. The van der Waals surface area contributed by atoms with Crippen molar-refractivity contribution in [3.8, 4) is 5.69 Å². The molecule has 1 aromatic heterocycles. The zero-order chi connectivity index (χ0) is 15.1.